The van der Waals surface area contributed by atoms with Crippen LogP contribution in [0.2, 0.25) is 0 Å². The molecule has 2 aromatic heterocycles. The predicted octanol–water partition coefficient (Wildman–Crippen LogP) is 5.57. The Balaban J connectivity index is 1.52. The Hall–Kier alpha value is -2.84. The molecule has 2 heterocycles. The molecule has 1 N–H and O–H groups in total. The number of nitrogens with zero attached hydrogens (tertiary/aromatic N) is 3. The summed E-state index contributed by atoms with van der Waals surface area (Å²) in [5.74, 6) is 1.41. The van der Waals surface area contributed by atoms with Gasteiger partial charge in [0, 0.05) is 24.1 Å². The van der Waals surface area contributed by atoms with Crippen molar-refractivity contribution in [1.29, 1.82) is 0 Å². The number of aromatic nitrogens is 3. The number of imidazole rings is 1. The van der Waals surface area contributed by atoms with Gasteiger partial charge in [-0.05, 0) is 30.2 Å². The molecule has 2 aromatic carbocycles. The van der Waals surface area contributed by atoms with Crippen LogP contribution in [0.25, 0.3) is 11.0 Å². The number of rotatable bonds is 7. The quantitative estimate of drug-likeness (QED) is 0.382. The summed E-state index contributed by atoms with van der Waals surface area (Å²) in [5.41, 5.74) is 4.77. The second kappa shape index (κ2) is 8.89. The van der Waals surface area contributed by atoms with Crippen molar-refractivity contribution in [2.24, 2.45) is 0 Å². The molecule has 6 nitrogen and oxygen atoms in total. The highest BCUT2D eigenvalue weighted by atomic mass is 32.2. The summed E-state index contributed by atoms with van der Waals surface area (Å²) in [7, 11) is 1.65. The maximum atomic E-state index is 12.4. The first-order valence-corrected chi connectivity index (χ1v) is 11.4. The highest BCUT2D eigenvalue weighted by Crippen LogP contribution is 2.33. The molecule has 0 radical (unpaired) electrons. The number of ether oxygens (including phenoxy) is 1. The number of H-pyrrole nitrogens is 1. The van der Waals surface area contributed by atoms with Gasteiger partial charge in [0.1, 0.15) is 5.75 Å². The molecule has 0 aliphatic rings. The number of carbonyl (C=O) groups is 1. The van der Waals surface area contributed by atoms with E-state index < -0.39 is 0 Å². The Morgan fingerprint density at radius 2 is 2.07 bits per heavy atom. The van der Waals surface area contributed by atoms with Crippen LogP contribution in [0.1, 0.15) is 25.1 Å². The van der Waals surface area contributed by atoms with Gasteiger partial charge < -0.3 is 9.72 Å². The van der Waals surface area contributed by atoms with Gasteiger partial charge in [-0.3, -0.25) is 9.69 Å². The van der Waals surface area contributed by atoms with Crippen molar-refractivity contribution in [2.75, 3.05) is 12.0 Å². The summed E-state index contributed by atoms with van der Waals surface area (Å²) < 4.78 is 5.26. The molecule has 4 aromatic rings. The monoisotopic (exact) mass is 438 g/mol. The summed E-state index contributed by atoms with van der Waals surface area (Å²) in [4.78, 5) is 26.8. The topological polar surface area (TPSA) is 71.1 Å². The van der Waals surface area contributed by atoms with E-state index in [1.807, 2.05) is 47.8 Å². The minimum absolute atomic E-state index is 0.0457. The van der Waals surface area contributed by atoms with E-state index >= 15 is 0 Å². The average Bonchev–Trinajstić information content (AvgIpc) is 3.38. The van der Waals surface area contributed by atoms with Crippen LogP contribution in [0.5, 0.6) is 5.75 Å². The van der Waals surface area contributed by atoms with Crippen molar-refractivity contribution in [1.82, 2.24) is 15.0 Å². The van der Waals surface area contributed by atoms with Gasteiger partial charge in [-0.25, -0.2) is 9.97 Å². The fraction of sp³-hybridized carbons (Fsp3) is 0.227. The van der Waals surface area contributed by atoms with E-state index in [0.717, 1.165) is 45.3 Å². The molecule has 0 unspecified atom stereocenters. The number of amides is 1. The molecule has 0 aliphatic carbocycles. The van der Waals surface area contributed by atoms with Crippen LogP contribution in [-0.4, -0.2) is 28.0 Å². The third kappa shape index (κ3) is 4.20. The van der Waals surface area contributed by atoms with E-state index in [1.54, 1.807) is 30.7 Å². The Kier molecular flexibility index (Phi) is 6.06. The number of para-hydroxylation sites is 1. The Labute approximate surface area is 183 Å². The maximum absolute atomic E-state index is 12.4. The molecule has 0 bridgehead atoms. The largest absolute Gasteiger partial charge is 0.497 e. The van der Waals surface area contributed by atoms with Crippen LogP contribution in [0.3, 0.4) is 0 Å². The molecule has 0 spiro atoms. The molecule has 30 heavy (non-hydrogen) atoms. The van der Waals surface area contributed by atoms with Crippen molar-refractivity contribution in [2.45, 2.75) is 31.2 Å². The lowest BCUT2D eigenvalue weighted by Crippen LogP contribution is -2.23. The second-order valence-corrected chi connectivity index (χ2v) is 8.47. The zero-order valence-electron chi connectivity index (χ0n) is 17.0. The van der Waals surface area contributed by atoms with Crippen molar-refractivity contribution in [3.8, 4) is 5.75 Å². The number of nitrogens with one attached hydrogen (secondary N) is 1. The van der Waals surface area contributed by atoms with Crippen LogP contribution in [0.4, 0.5) is 10.8 Å². The van der Waals surface area contributed by atoms with Gasteiger partial charge in [0.15, 0.2) is 10.3 Å². The predicted molar refractivity (Wildman–Crippen MR) is 123 cm³/mol. The number of benzene rings is 2. The Morgan fingerprint density at radius 1 is 1.23 bits per heavy atom. The van der Waals surface area contributed by atoms with E-state index in [1.165, 1.54) is 11.3 Å². The normalized spacial score (nSPS) is 11.0. The second-order valence-electron chi connectivity index (χ2n) is 6.67. The van der Waals surface area contributed by atoms with Gasteiger partial charge in [-0.2, -0.15) is 0 Å². The van der Waals surface area contributed by atoms with E-state index in [-0.39, 0.29) is 5.91 Å². The number of thiazole rings is 1. The van der Waals surface area contributed by atoms with E-state index in [0.29, 0.717) is 10.9 Å². The number of aromatic amines is 1. The number of carbonyl (C=O) groups excluding carboxylic acids is 1. The van der Waals surface area contributed by atoms with Crippen molar-refractivity contribution >= 4 is 50.9 Å². The molecular formula is C22H22N4O2S2. The highest BCUT2D eigenvalue weighted by Gasteiger charge is 2.20. The van der Waals surface area contributed by atoms with E-state index in [4.69, 9.17) is 9.72 Å². The molecule has 0 atom stereocenters. The minimum Gasteiger partial charge on any atom is -0.497 e. The van der Waals surface area contributed by atoms with Crippen LogP contribution in [0, 0.1) is 0 Å². The third-order valence-corrected chi connectivity index (χ3v) is 6.46. The highest BCUT2D eigenvalue weighted by molar-refractivity contribution is 7.98. The molecule has 8 heteroatoms. The number of aryl methyl sites for hydroxylation is 1. The minimum atomic E-state index is -0.0457. The van der Waals surface area contributed by atoms with Gasteiger partial charge in [0.2, 0.25) is 5.91 Å². The SMILES string of the molecule is CCc1ccccc1N(C(C)=O)c1nc(CSc2nc3ccc(OC)cc3[nH]2)cs1. The Bertz CT molecular complexity index is 1180. The Morgan fingerprint density at radius 3 is 2.83 bits per heavy atom. The molecule has 0 fully saturated rings. The molecular weight excluding hydrogens is 416 g/mol. The van der Waals surface area contributed by atoms with Crippen molar-refractivity contribution < 1.29 is 9.53 Å². The van der Waals surface area contributed by atoms with E-state index in [9.17, 15) is 4.79 Å². The fourth-order valence-corrected chi connectivity index (χ4v) is 4.97. The van der Waals surface area contributed by atoms with Crippen LogP contribution in [0.15, 0.2) is 53.0 Å². The molecule has 0 saturated heterocycles. The van der Waals surface area contributed by atoms with Gasteiger partial charge in [-0.15, -0.1) is 11.3 Å². The summed E-state index contributed by atoms with van der Waals surface area (Å²) in [6.07, 6.45) is 0.852. The molecule has 0 saturated carbocycles. The number of thioether (sulfide) groups is 1. The van der Waals surface area contributed by atoms with Gasteiger partial charge in [0.25, 0.3) is 0 Å². The lowest BCUT2D eigenvalue weighted by molar-refractivity contribution is -0.115. The number of anilines is 2. The molecule has 0 aliphatic heterocycles. The standard InChI is InChI=1S/C22H22N4O2S2/c1-4-15-7-5-6-8-20(15)26(14(2)27)22-23-16(13-30-22)12-29-21-24-18-10-9-17(28-3)11-19(18)25-21/h5-11,13H,4,12H2,1-3H3,(H,24,25). The van der Waals surface area contributed by atoms with Crippen molar-refractivity contribution in [3.05, 3.63) is 59.1 Å². The van der Waals surface area contributed by atoms with Crippen LogP contribution >= 0.6 is 23.1 Å². The summed E-state index contributed by atoms with van der Waals surface area (Å²) in [5, 5.41) is 3.51. The lowest BCUT2D eigenvalue weighted by atomic mass is 10.1. The fourth-order valence-electron chi connectivity index (χ4n) is 3.20. The summed E-state index contributed by atoms with van der Waals surface area (Å²) in [6.45, 7) is 3.66. The molecule has 154 valence electrons. The lowest BCUT2D eigenvalue weighted by Gasteiger charge is -2.20. The average molecular weight is 439 g/mol. The van der Waals surface area contributed by atoms with Gasteiger partial charge >= 0.3 is 0 Å². The summed E-state index contributed by atoms with van der Waals surface area (Å²) in [6, 6.07) is 13.7. The van der Waals surface area contributed by atoms with Gasteiger partial charge in [0.05, 0.1) is 29.5 Å². The number of hydrogen-bond donors (Lipinski definition) is 1. The maximum Gasteiger partial charge on any atom is 0.230 e. The van der Waals surface area contributed by atoms with Gasteiger partial charge in [-0.1, -0.05) is 36.9 Å². The zero-order chi connectivity index (χ0) is 21.1. The van der Waals surface area contributed by atoms with E-state index in [2.05, 4.69) is 16.9 Å². The molecule has 1 amide bonds. The summed E-state index contributed by atoms with van der Waals surface area (Å²) >= 11 is 3.06. The van der Waals surface area contributed by atoms with Crippen LogP contribution < -0.4 is 9.64 Å². The first-order valence-electron chi connectivity index (χ1n) is 9.58. The van der Waals surface area contributed by atoms with Crippen LogP contribution in [-0.2, 0) is 17.0 Å². The first-order chi connectivity index (χ1) is 14.6. The smallest absolute Gasteiger partial charge is 0.230 e. The number of fused-ring (bicyclic) bond motifs is 1. The molecule has 4 rings (SSSR count). The third-order valence-electron chi connectivity index (χ3n) is 4.68. The number of hydrogen-bond acceptors (Lipinski definition) is 6. The zero-order valence-corrected chi connectivity index (χ0v) is 18.6. The first kappa shape index (κ1) is 20.4. The van der Waals surface area contributed by atoms with Crippen molar-refractivity contribution in [3.63, 3.8) is 0 Å². The number of methoxy groups -OCH3 is 1.